The van der Waals surface area contributed by atoms with Crippen molar-refractivity contribution in [3.63, 3.8) is 0 Å². The first kappa shape index (κ1) is 16.6. The standard InChI is InChI=1S/C20H18N2O3/c1-25-20(24)16-4-2-3-14(11-16)5-8-19(23)22-18-7-6-17-13-21-10-9-15(17)12-18/h2-4,6-7,9-13H,5,8H2,1H3,(H,22,23). The van der Waals surface area contributed by atoms with E-state index >= 15 is 0 Å². The fourth-order valence-corrected chi connectivity index (χ4v) is 2.61. The minimum Gasteiger partial charge on any atom is -0.465 e. The Hall–Kier alpha value is -3.21. The van der Waals surface area contributed by atoms with Crippen molar-refractivity contribution in [2.75, 3.05) is 12.4 Å². The highest BCUT2D eigenvalue weighted by Crippen LogP contribution is 2.18. The van der Waals surface area contributed by atoms with Crippen molar-refractivity contribution in [3.05, 3.63) is 72.1 Å². The maximum Gasteiger partial charge on any atom is 0.337 e. The van der Waals surface area contributed by atoms with Gasteiger partial charge in [-0.25, -0.2) is 4.79 Å². The first-order chi connectivity index (χ1) is 12.2. The van der Waals surface area contributed by atoms with Crippen LogP contribution in [0.3, 0.4) is 0 Å². The minimum atomic E-state index is -0.378. The molecule has 2 aromatic carbocycles. The topological polar surface area (TPSA) is 68.3 Å². The Morgan fingerprint density at radius 2 is 1.96 bits per heavy atom. The molecule has 0 aliphatic carbocycles. The largest absolute Gasteiger partial charge is 0.465 e. The lowest BCUT2D eigenvalue weighted by atomic mass is 10.1. The number of benzene rings is 2. The number of nitrogens with one attached hydrogen (secondary N) is 1. The van der Waals surface area contributed by atoms with E-state index in [0.29, 0.717) is 18.4 Å². The Morgan fingerprint density at radius 3 is 2.80 bits per heavy atom. The van der Waals surface area contributed by atoms with E-state index in [1.807, 2.05) is 30.3 Å². The molecule has 0 aliphatic rings. The second-order valence-electron chi connectivity index (χ2n) is 5.68. The summed E-state index contributed by atoms with van der Waals surface area (Å²) in [7, 11) is 1.35. The number of hydrogen-bond donors (Lipinski definition) is 1. The van der Waals surface area contributed by atoms with E-state index in [1.54, 1.807) is 30.6 Å². The van der Waals surface area contributed by atoms with E-state index in [9.17, 15) is 9.59 Å². The molecule has 0 fully saturated rings. The molecule has 0 saturated carbocycles. The van der Waals surface area contributed by atoms with Crippen LogP contribution in [-0.4, -0.2) is 24.0 Å². The van der Waals surface area contributed by atoms with Gasteiger partial charge in [-0.3, -0.25) is 9.78 Å². The lowest BCUT2D eigenvalue weighted by Gasteiger charge is -2.07. The Labute approximate surface area is 145 Å². The van der Waals surface area contributed by atoms with Gasteiger partial charge in [0, 0.05) is 29.9 Å². The molecule has 0 saturated heterocycles. The number of aromatic nitrogens is 1. The third kappa shape index (κ3) is 4.20. The molecule has 0 spiro atoms. The van der Waals surface area contributed by atoms with E-state index in [0.717, 1.165) is 22.0 Å². The van der Waals surface area contributed by atoms with Gasteiger partial charge in [0.15, 0.2) is 0 Å². The zero-order valence-corrected chi connectivity index (χ0v) is 13.9. The lowest BCUT2D eigenvalue weighted by molar-refractivity contribution is -0.116. The number of pyridine rings is 1. The van der Waals surface area contributed by atoms with Gasteiger partial charge in [0.2, 0.25) is 5.91 Å². The van der Waals surface area contributed by atoms with Crippen molar-refractivity contribution in [2.45, 2.75) is 12.8 Å². The van der Waals surface area contributed by atoms with Gasteiger partial charge in [-0.05, 0) is 47.7 Å². The second-order valence-corrected chi connectivity index (χ2v) is 5.68. The summed E-state index contributed by atoms with van der Waals surface area (Å²) in [5.41, 5.74) is 2.16. The summed E-state index contributed by atoms with van der Waals surface area (Å²) in [5.74, 6) is -0.450. The molecule has 0 unspecified atom stereocenters. The molecule has 3 aromatic rings. The van der Waals surface area contributed by atoms with Crippen LogP contribution in [0.4, 0.5) is 5.69 Å². The van der Waals surface area contributed by atoms with E-state index < -0.39 is 0 Å². The lowest BCUT2D eigenvalue weighted by Crippen LogP contribution is -2.12. The maximum absolute atomic E-state index is 12.2. The molecule has 1 amide bonds. The van der Waals surface area contributed by atoms with Gasteiger partial charge in [0.25, 0.3) is 0 Å². The molecule has 0 bridgehead atoms. The van der Waals surface area contributed by atoms with E-state index in [4.69, 9.17) is 4.74 Å². The van der Waals surface area contributed by atoms with E-state index in [2.05, 4.69) is 10.3 Å². The summed E-state index contributed by atoms with van der Waals surface area (Å²) in [6.45, 7) is 0. The van der Waals surface area contributed by atoms with Crippen LogP contribution in [0.5, 0.6) is 0 Å². The van der Waals surface area contributed by atoms with Gasteiger partial charge in [-0.2, -0.15) is 0 Å². The fourth-order valence-electron chi connectivity index (χ4n) is 2.61. The Bertz CT molecular complexity index is 921. The van der Waals surface area contributed by atoms with Gasteiger partial charge in [-0.15, -0.1) is 0 Å². The van der Waals surface area contributed by atoms with Crippen LogP contribution < -0.4 is 5.32 Å². The number of carbonyl (C=O) groups excluding carboxylic acids is 2. The van der Waals surface area contributed by atoms with Gasteiger partial charge >= 0.3 is 5.97 Å². The molecule has 5 nitrogen and oxygen atoms in total. The first-order valence-corrected chi connectivity index (χ1v) is 7.96. The number of hydrogen-bond acceptors (Lipinski definition) is 4. The number of amides is 1. The highest BCUT2D eigenvalue weighted by atomic mass is 16.5. The van der Waals surface area contributed by atoms with Crippen LogP contribution in [0, 0.1) is 0 Å². The van der Waals surface area contributed by atoms with Crippen molar-refractivity contribution in [1.82, 2.24) is 4.98 Å². The van der Waals surface area contributed by atoms with E-state index in [-0.39, 0.29) is 11.9 Å². The highest BCUT2D eigenvalue weighted by Gasteiger charge is 2.08. The summed E-state index contributed by atoms with van der Waals surface area (Å²) in [5, 5.41) is 4.96. The summed E-state index contributed by atoms with van der Waals surface area (Å²) in [4.78, 5) is 27.8. The van der Waals surface area contributed by atoms with Gasteiger partial charge in [0.1, 0.15) is 0 Å². The van der Waals surface area contributed by atoms with Crippen molar-refractivity contribution in [3.8, 4) is 0 Å². The average molecular weight is 334 g/mol. The monoisotopic (exact) mass is 334 g/mol. The number of anilines is 1. The molecule has 0 atom stereocenters. The molecule has 1 heterocycles. The second kappa shape index (κ2) is 7.57. The average Bonchev–Trinajstić information content (AvgIpc) is 2.66. The van der Waals surface area contributed by atoms with E-state index in [1.165, 1.54) is 7.11 Å². The third-order valence-corrected chi connectivity index (χ3v) is 3.91. The molecule has 5 heteroatoms. The van der Waals surface area contributed by atoms with Gasteiger partial charge in [-0.1, -0.05) is 18.2 Å². The number of ether oxygens (including phenoxy) is 1. The van der Waals surface area contributed by atoms with Crippen LogP contribution in [0.15, 0.2) is 60.9 Å². The van der Waals surface area contributed by atoms with Crippen LogP contribution in [0.25, 0.3) is 10.8 Å². The summed E-state index contributed by atoms with van der Waals surface area (Å²) >= 11 is 0. The Morgan fingerprint density at radius 1 is 1.08 bits per heavy atom. The van der Waals surface area contributed by atoms with Crippen molar-refractivity contribution >= 4 is 28.3 Å². The predicted molar refractivity (Wildman–Crippen MR) is 96.5 cm³/mol. The van der Waals surface area contributed by atoms with Crippen LogP contribution in [-0.2, 0) is 16.0 Å². The highest BCUT2D eigenvalue weighted by molar-refractivity contribution is 5.94. The minimum absolute atomic E-state index is 0.0723. The molecule has 0 radical (unpaired) electrons. The van der Waals surface area contributed by atoms with Gasteiger partial charge in [0.05, 0.1) is 12.7 Å². The first-order valence-electron chi connectivity index (χ1n) is 7.96. The van der Waals surface area contributed by atoms with Gasteiger partial charge < -0.3 is 10.1 Å². The SMILES string of the molecule is COC(=O)c1cccc(CCC(=O)Nc2ccc3cnccc3c2)c1. The number of fused-ring (bicyclic) bond motifs is 1. The number of methoxy groups -OCH3 is 1. The number of nitrogens with zero attached hydrogens (tertiary/aromatic N) is 1. The van der Waals surface area contributed by atoms with Crippen molar-refractivity contribution in [2.24, 2.45) is 0 Å². The number of carbonyl (C=O) groups is 2. The quantitative estimate of drug-likeness (QED) is 0.724. The Kier molecular flexibility index (Phi) is 5.04. The maximum atomic E-state index is 12.2. The molecule has 3 rings (SSSR count). The smallest absolute Gasteiger partial charge is 0.337 e. The summed E-state index contributed by atoms with van der Waals surface area (Å²) in [6, 6.07) is 14.7. The molecular formula is C20H18N2O3. The van der Waals surface area contributed by atoms with Crippen LogP contribution in [0.2, 0.25) is 0 Å². The molecule has 1 N–H and O–H groups in total. The summed E-state index contributed by atoms with van der Waals surface area (Å²) in [6.07, 6.45) is 4.39. The third-order valence-electron chi connectivity index (χ3n) is 3.91. The summed E-state index contributed by atoms with van der Waals surface area (Å²) < 4.78 is 4.71. The predicted octanol–water partition coefficient (Wildman–Crippen LogP) is 3.59. The fraction of sp³-hybridized carbons (Fsp3) is 0.150. The normalized spacial score (nSPS) is 10.4. The van der Waals surface area contributed by atoms with Crippen LogP contribution >= 0.6 is 0 Å². The molecule has 0 aliphatic heterocycles. The van der Waals surface area contributed by atoms with Crippen LogP contribution in [0.1, 0.15) is 22.3 Å². The van der Waals surface area contributed by atoms with Crippen molar-refractivity contribution < 1.29 is 14.3 Å². The van der Waals surface area contributed by atoms with Crippen molar-refractivity contribution in [1.29, 1.82) is 0 Å². The molecule has 25 heavy (non-hydrogen) atoms. The number of esters is 1. The molecule has 126 valence electrons. The molecular weight excluding hydrogens is 316 g/mol. The number of rotatable bonds is 5. The zero-order valence-electron chi connectivity index (χ0n) is 13.9. The zero-order chi connectivity index (χ0) is 17.6. The Balaban J connectivity index is 1.61. The number of aryl methyl sites for hydroxylation is 1. The molecule has 1 aromatic heterocycles.